The fourth-order valence-corrected chi connectivity index (χ4v) is 2.58. The molecule has 0 amide bonds. The van der Waals surface area contributed by atoms with Crippen LogP contribution < -0.4 is 0 Å². The first-order chi connectivity index (χ1) is 10.6. The molecule has 0 aliphatic heterocycles. The standard InChI is InChI=1S/C17H12BrN3O/c1-10-2-4-14-15(6-10)21-17(20-14)12(9-19)7-11-8-13(18)3-5-16(11)22/h2-8,22H,1H3,(H,20,21)/b12-7+. The number of nitrogens with zero attached hydrogens (tertiary/aromatic N) is 2. The molecule has 3 rings (SSSR count). The summed E-state index contributed by atoms with van der Waals surface area (Å²) in [4.78, 5) is 7.58. The van der Waals surface area contributed by atoms with Gasteiger partial charge in [0.2, 0.25) is 0 Å². The van der Waals surface area contributed by atoms with Gasteiger partial charge in [-0.2, -0.15) is 5.26 Å². The molecule has 0 atom stereocenters. The Morgan fingerprint density at radius 3 is 2.91 bits per heavy atom. The Balaban J connectivity index is 2.11. The summed E-state index contributed by atoms with van der Waals surface area (Å²) in [7, 11) is 0. The molecule has 0 aliphatic carbocycles. The van der Waals surface area contributed by atoms with Crippen LogP contribution in [0.25, 0.3) is 22.7 Å². The van der Waals surface area contributed by atoms with Crippen LogP contribution in [0.3, 0.4) is 0 Å². The molecule has 0 saturated heterocycles. The van der Waals surface area contributed by atoms with Gasteiger partial charge in [-0.25, -0.2) is 4.98 Å². The molecule has 22 heavy (non-hydrogen) atoms. The van der Waals surface area contributed by atoms with Gasteiger partial charge < -0.3 is 10.1 Å². The van der Waals surface area contributed by atoms with Crippen LogP contribution in [-0.2, 0) is 0 Å². The molecule has 5 heteroatoms. The van der Waals surface area contributed by atoms with Gasteiger partial charge in [-0.3, -0.25) is 0 Å². The molecule has 2 aromatic carbocycles. The molecule has 1 heterocycles. The molecule has 0 fully saturated rings. The number of hydrogen-bond donors (Lipinski definition) is 2. The number of phenolic OH excluding ortho intramolecular Hbond substituents is 1. The van der Waals surface area contributed by atoms with Gasteiger partial charge in [-0.05, 0) is 48.9 Å². The van der Waals surface area contributed by atoms with Crippen LogP contribution >= 0.6 is 15.9 Å². The van der Waals surface area contributed by atoms with Gasteiger partial charge in [-0.1, -0.05) is 22.0 Å². The monoisotopic (exact) mass is 353 g/mol. The van der Waals surface area contributed by atoms with Crippen LogP contribution in [0.1, 0.15) is 17.0 Å². The lowest BCUT2D eigenvalue weighted by Crippen LogP contribution is -1.85. The number of nitriles is 1. The summed E-state index contributed by atoms with van der Waals surface area (Å²) >= 11 is 3.35. The van der Waals surface area contributed by atoms with Crippen molar-refractivity contribution in [2.24, 2.45) is 0 Å². The molecule has 108 valence electrons. The lowest BCUT2D eigenvalue weighted by Gasteiger charge is -2.00. The first-order valence-electron chi connectivity index (χ1n) is 6.64. The zero-order valence-electron chi connectivity index (χ0n) is 11.8. The van der Waals surface area contributed by atoms with Crippen molar-refractivity contribution in [2.75, 3.05) is 0 Å². The topological polar surface area (TPSA) is 72.7 Å². The van der Waals surface area contributed by atoms with Crippen LogP contribution in [0.4, 0.5) is 0 Å². The number of halogens is 1. The van der Waals surface area contributed by atoms with Crippen LogP contribution in [0, 0.1) is 18.3 Å². The minimum atomic E-state index is 0.114. The highest BCUT2D eigenvalue weighted by atomic mass is 79.9. The maximum atomic E-state index is 9.90. The predicted octanol–water partition coefficient (Wildman–Crippen LogP) is 4.40. The Labute approximate surface area is 135 Å². The highest BCUT2D eigenvalue weighted by Gasteiger charge is 2.09. The number of aromatic hydroxyl groups is 1. The smallest absolute Gasteiger partial charge is 0.149 e. The van der Waals surface area contributed by atoms with E-state index in [0.717, 1.165) is 21.1 Å². The van der Waals surface area contributed by atoms with Crippen LogP contribution in [-0.4, -0.2) is 15.1 Å². The summed E-state index contributed by atoms with van der Waals surface area (Å²) in [5.41, 5.74) is 3.73. The number of fused-ring (bicyclic) bond motifs is 1. The number of benzene rings is 2. The highest BCUT2D eigenvalue weighted by Crippen LogP contribution is 2.26. The van der Waals surface area contributed by atoms with Crippen molar-refractivity contribution in [3.63, 3.8) is 0 Å². The lowest BCUT2D eigenvalue weighted by atomic mass is 10.1. The Bertz CT molecular complexity index is 935. The summed E-state index contributed by atoms with van der Waals surface area (Å²) < 4.78 is 0.828. The van der Waals surface area contributed by atoms with Gasteiger partial charge in [0.25, 0.3) is 0 Å². The number of rotatable bonds is 2. The molecule has 1 aromatic heterocycles. The van der Waals surface area contributed by atoms with E-state index in [1.54, 1.807) is 24.3 Å². The van der Waals surface area contributed by atoms with Gasteiger partial charge in [0.1, 0.15) is 17.6 Å². The predicted molar refractivity (Wildman–Crippen MR) is 90.1 cm³/mol. The second-order valence-corrected chi connectivity index (χ2v) is 5.89. The molecule has 0 spiro atoms. The van der Waals surface area contributed by atoms with Crippen molar-refractivity contribution in [1.29, 1.82) is 5.26 Å². The maximum absolute atomic E-state index is 9.90. The molecule has 3 aromatic rings. The van der Waals surface area contributed by atoms with Crippen molar-refractivity contribution >= 4 is 38.6 Å². The van der Waals surface area contributed by atoms with E-state index in [1.165, 1.54) is 0 Å². The number of phenols is 1. The summed E-state index contributed by atoms with van der Waals surface area (Å²) in [5.74, 6) is 0.602. The van der Waals surface area contributed by atoms with Crippen molar-refractivity contribution in [1.82, 2.24) is 9.97 Å². The number of allylic oxidation sites excluding steroid dienone is 1. The third-order valence-corrected chi connectivity index (χ3v) is 3.80. The summed E-state index contributed by atoms with van der Waals surface area (Å²) in [6.45, 7) is 2.00. The Morgan fingerprint density at radius 1 is 1.32 bits per heavy atom. The minimum Gasteiger partial charge on any atom is -0.507 e. The molecule has 0 aliphatic rings. The number of imidazole rings is 1. The number of H-pyrrole nitrogens is 1. The fourth-order valence-electron chi connectivity index (χ4n) is 2.20. The average Bonchev–Trinajstić information content (AvgIpc) is 2.90. The molecule has 0 radical (unpaired) electrons. The van der Waals surface area contributed by atoms with Gasteiger partial charge in [0, 0.05) is 10.0 Å². The number of aryl methyl sites for hydroxylation is 1. The quantitative estimate of drug-likeness (QED) is 0.670. The number of nitrogens with one attached hydrogen (secondary N) is 1. The fraction of sp³-hybridized carbons (Fsp3) is 0.0588. The molecule has 0 unspecified atom stereocenters. The van der Waals surface area contributed by atoms with Gasteiger partial charge in [0.15, 0.2) is 0 Å². The average molecular weight is 354 g/mol. The molecule has 2 N–H and O–H groups in total. The van der Waals surface area contributed by atoms with E-state index >= 15 is 0 Å². The van der Waals surface area contributed by atoms with E-state index in [9.17, 15) is 10.4 Å². The Kier molecular flexibility index (Phi) is 3.70. The van der Waals surface area contributed by atoms with Crippen LogP contribution in [0.2, 0.25) is 0 Å². The molecular formula is C17H12BrN3O. The first kappa shape index (κ1) is 14.4. The SMILES string of the molecule is Cc1ccc2nc(/C(C#N)=C/c3cc(Br)ccc3O)[nH]c2c1. The summed E-state index contributed by atoms with van der Waals surface area (Å²) in [6.07, 6.45) is 1.62. The van der Waals surface area contributed by atoms with E-state index < -0.39 is 0 Å². The van der Waals surface area contributed by atoms with Crippen molar-refractivity contribution < 1.29 is 5.11 Å². The minimum absolute atomic E-state index is 0.114. The van der Waals surface area contributed by atoms with Crippen LogP contribution in [0.15, 0.2) is 40.9 Å². The first-order valence-corrected chi connectivity index (χ1v) is 7.43. The van der Waals surface area contributed by atoms with E-state index in [1.807, 2.05) is 25.1 Å². The van der Waals surface area contributed by atoms with Crippen molar-refractivity contribution in [3.8, 4) is 11.8 Å². The largest absolute Gasteiger partial charge is 0.507 e. The van der Waals surface area contributed by atoms with Crippen molar-refractivity contribution in [2.45, 2.75) is 6.92 Å². The maximum Gasteiger partial charge on any atom is 0.149 e. The van der Waals surface area contributed by atoms with Gasteiger partial charge in [0.05, 0.1) is 16.6 Å². The van der Waals surface area contributed by atoms with E-state index in [4.69, 9.17) is 0 Å². The van der Waals surface area contributed by atoms with Gasteiger partial charge >= 0.3 is 0 Å². The second-order valence-electron chi connectivity index (χ2n) is 4.98. The number of aromatic nitrogens is 2. The third-order valence-electron chi connectivity index (χ3n) is 3.30. The van der Waals surface area contributed by atoms with Crippen LogP contribution in [0.5, 0.6) is 5.75 Å². The molecular weight excluding hydrogens is 342 g/mol. The van der Waals surface area contributed by atoms with Crippen molar-refractivity contribution in [3.05, 3.63) is 57.8 Å². The zero-order chi connectivity index (χ0) is 15.7. The van der Waals surface area contributed by atoms with E-state index in [2.05, 4.69) is 32.0 Å². The lowest BCUT2D eigenvalue weighted by molar-refractivity contribution is 0.474. The normalized spacial score (nSPS) is 11.6. The van der Waals surface area contributed by atoms with Gasteiger partial charge in [-0.15, -0.1) is 0 Å². The molecule has 4 nitrogen and oxygen atoms in total. The molecule has 0 saturated carbocycles. The van der Waals surface area contributed by atoms with E-state index in [0.29, 0.717) is 17.0 Å². The number of hydrogen-bond acceptors (Lipinski definition) is 3. The Morgan fingerprint density at radius 2 is 2.14 bits per heavy atom. The third kappa shape index (κ3) is 2.74. The second kappa shape index (κ2) is 5.66. The Hall–Kier alpha value is -2.58. The summed E-state index contributed by atoms with van der Waals surface area (Å²) in [5, 5.41) is 19.3. The summed E-state index contributed by atoms with van der Waals surface area (Å²) in [6, 6.07) is 13.1. The molecule has 0 bridgehead atoms. The number of aromatic amines is 1. The zero-order valence-corrected chi connectivity index (χ0v) is 13.3. The highest BCUT2D eigenvalue weighted by molar-refractivity contribution is 9.10. The van der Waals surface area contributed by atoms with E-state index in [-0.39, 0.29) is 5.75 Å².